The van der Waals surface area contributed by atoms with E-state index in [1.807, 2.05) is 23.1 Å². The Bertz CT molecular complexity index is 857. The van der Waals surface area contributed by atoms with Crippen LogP contribution in [0.2, 0.25) is 0 Å². The molecule has 0 aliphatic carbocycles. The number of rotatable bonds is 1. The van der Waals surface area contributed by atoms with Gasteiger partial charge in [0.15, 0.2) is 0 Å². The van der Waals surface area contributed by atoms with Gasteiger partial charge in [-0.25, -0.2) is 4.98 Å². The molecular formula is C15H14N4OS. The van der Waals surface area contributed by atoms with Crippen molar-refractivity contribution in [1.29, 1.82) is 0 Å². The summed E-state index contributed by atoms with van der Waals surface area (Å²) in [6, 6.07) is 7.88. The Hall–Kier alpha value is -2.34. The molecular weight excluding hydrogens is 284 g/mol. The summed E-state index contributed by atoms with van der Waals surface area (Å²) in [6.45, 7) is 1.78. The van der Waals surface area contributed by atoms with Gasteiger partial charge in [-0.05, 0) is 29.6 Å². The summed E-state index contributed by atoms with van der Waals surface area (Å²) < 4.78 is 1.20. The minimum Gasteiger partial charge on any atom is -0.399 e. The van der Waals surface area contributed by atoms with Crippen molar-refractivity contribution in [2.24, 2.45) is 0 Å². The highest BCUT2D eigenvalue weighted by atomic mass is 32.1. The molecule has 1 saturated heterocycles. The fourth-order valence-electron chi connectivity index (χ4n) is 2.76. The molecule has 106 valence electrons. The number of pyridine rings is 1. The molecule has 1 fully saturated rings. The number of amides is 1. The largest absolute Gasteiger partial charge is 0.399 e. The first-order chi connectivity index (χ1) is 10.2. The molecule has 0 atom stereocenters. The van der Waals surface area contributed by atoms with Gasteiger partial charge >= 0.3 is 0 Å². The van der Waals surface area contributed by atoms with Crippen molar-refractivity contribution in [2.75, 3.05) is 30.3 Å². The molecule has 0 bridgehead atoms. The number of fused-ring (bicyclic) bond motifs is 3. The number of hydrogen-bond donors (Lipinski definition) is 2. The van der Waals surface area contributed by atoms with Crippen molar-refractivity contribution in [1.82, 2.24) is 10.3 Å². The number of carbonyl (C=O) groups is 1. The predicted molar refractivity (Wildman–Crippen MR) is 86.8 cm³/mol. The van der Waals surface area contributed by atoms with E-state index in [-0.39, 0.29) is 5.91 Å². The summed E-state index contributed by atoms with van der Waals surface area (Å²) >= 11 is 1.69. The second kappa shape index (κ2) is 4.60. The number of nitrogen functional groups attached to an aromatic ring is 1. The van der Waals surface area contributed by atoms with Gasteiger partial charge in [0.25, 0.3) is 0 Å². The molecule has 3 heterocycles. The molecule has 0 saturated carbocycles. The first-order valence-corrected chi connectivity index (χ1v) is 7.68. The van der Waals surface area contributed by atoms with Gasteiger partial charge in [-0.15, -0.1) is 11.3 Å². The van der Waals surface area contributed by atoms with E-state index < -0.39 is 0 Å². The minimum atomic E-state index is 0.0408. The van der Waals surface area contributed by atoms with Crippen LogP contribution in [0.15, 0.2) is 29.6 Å². The lowest BCUT2D eigenvalue weighted by molar-refractivity contribution is -0.120. The van der Waals surface area contributed by atoms with Crippen molar-refractivity contribution >= 4 is 49.7 Å². The van der Waals surface area contributed by atoms with E-state index in [4.69, 9.17) is 10.7 Å². The number of anilines is 2. The van der Waals surface area contributed by atoms with Gasteiger partial charge in [0.1, 0.15) is 5.82 Å². The van der Waals surface area contributed by atoms with Crippen LogP contribution in [0.1, 0.15) is 0 Å². The van der Waals surface area contributed by atoms with Crippen molar-refractivity contribution in [3.63, 3.8) is 0 Å². The van der Waals surface area contributed by atoms with Gasteiger partial charge in [0.2, 0.25) is 5.91 Å². The van der Waals surface area contributed by atoms with E-state index in [1.54, 1.807) is 11.3 Å². The summed E-state index contributed by atoms with van der Waals surface area (Å²) in [4.78, 5) is 18.4. The van der Waals surface area contributed by atoms with Gasteiger partial charge < -0.3 is 16.0 Å². The summed E-state index contributed by atoms with van der Waals surface area (Å²) in [5, 5.41) is 7.12. The zero-order valence-electron chi connectivity index (χ0n) is 11.3. The van der Waals surface area contributed by atoms with Gasteiger partial charge in [-0.3, -0.25) is 4.79 Å². The molecule has 5 nitrogen and oxygen atoms in total. The lowest BCUT2D eigenvalue weighted by atomic mass is 10.1. The highest BCUT2D eigenvalue weighted by Crippen LogP contribution is 2.35. The number of nitrogens with two attached hydrogens (primary N) is 1. The maximum absolute atomic E-state index is 11.6. The molecule has 0 unspecified atom stereocenters. The third-order valence-corrected chi connectivity index (χ3v) is 4.68. The number of nitrogens with zero attached hydrogens (tertiary/aromatic N) is 2. The highest BCUT2D eigenvalue weighted by Gasteiger charge is 2.21. The number of thiophene rings is 1. The number of nitrogens with one attached hydrogen (secondary N) is 1. The van der Waals surface area contributed by atoms with Crippen molar-refractivity contribution in [3.05, 3.63) is 29.6 Å². The highest BCUT2D eigenvalue weighted by molar-refractivity contribution is 7.18. The smallest absolute Gasteiger partial charge is 0.239 e. The average molecular weight is 298 g/mol. The van der Waals surface area contributed by atoms with E-state index in [0.717, 1.165) is 28.7 Å². The Morgan fingerprint density at radius 2 is 2.19 bits per heavy atom. The molecule has 0 spiro atoms. The number of carbonyl (C=O) groups excluding carboxylic acids is 1. The quantitative estimate of drug-likeness (QED) is 0.674. The van der Waals surface area contributed by atoms with Crippen molar-refractivity contribution in [2.45, 2.75) is 0 Å². The van der Waals surface area contributed by atoms with Gasteiger partial charge in [0.05, 0.1) is 12.1 Å². The molecule has 3 N–H and O–H groups in total. The van der Waals surface area contributed by atoms with Crippen LogP contribution in [0.3, 0.4) is 0 Å². The number of benzene rings is 1. The SMILES string of the molecule is Nc1ccc2c(c1)nc(N1CCNC(=O)C1)c1ccsc12. The summed E-state index contributed by atoms with van der Waals surface area (Å²) in [5.41, 5.74) is 7.46. The lowest BCUT2D eigenvalue weighted by Gasteiger charge is -2.28. The number of hydrogen-bond acceptors (Lipinski definition) is 5. The van der Waals surface area contributed by atoms with Crippen LogP contribution in [0.25, 0.3) is 21.0 Å². The van der Waals surface area contributed by atoms with Crippen molar-refractivity contribution < 1.29 is 4.79 Å². The minimum absolute atomic E-state index is 0.0408. The zero-order valence-corrected chi connectivity index (χ0v) is 12.1. The third-order valence-electron chi connectivity index (χ3n) is 3.74. The Kier molecular flexibility index (Phi) is 2.71. The summed E-state index contributed by atoms with van der Waals surface area (Å²) in [5.74, 6) is 0.915. The topological polar surface area (TPSA) is 71.2 Å². The molecule has 1 aliphatic heterocycles. The Morgan fingerprint density at radius 3 is 3.05 bits per heavy atom. The number of piperazine rings is 1. The second-order valence-corrected chi connectivity index (χ2v) is 6.06. The standard InChI is InChI=1S/C15H14N4OS/c16-9-1-2-10-12(7-9)18-15(11-3-6-21-14(10)11)19-5-4-17-13(20)8-19/h1-3,6-7H,4-5,8,16H2,(H,17,20). The van der Waals surface area contributed by atoms with Gasteiger partial charge in [0, 0.05) is 34.2 Å². The van der Waals surface area contributed by atoms with Crippen molar-refractivity contribution in [3.8, 4) is 0 Å². The summed E-state index contributed by atoms with van der Waals surface area (Å²) in [7, 11) is 0. The molecule has 3 aromatic rings. The average Bonchev–Trinajstić information content (AvgIpc) is 2.95. The maximum atomic E-state index is 11.6. The normalized spacial score (nSPS) is 15.6. The first-order valence-electron chi connectivity index (χ1n) is 6.80. The molecule has 1 aliphatic rings. The fraction of sp³-hybridized carbons (Fsp3) is 0.200. The number of aromatic nitrogens is 1. The molecule has 0 radical (unpaired) electrons. The zero-order chi connectivity index (χ0) is 14.4. The molecule has 4 rings (SSSR count). The lowest BCUT2D eigenvalue weighted by Crippen LogP contribution is -2.48. The van der Waals surface area contributed by atoms with E-state index in [1.165, 1.54) is 4.70 Å². The Labute approximate surface area is 125 Å². The Balaban J connectivity index is 1.97. The van der Waals surface area contributed by atoms with E-state index >= 15 is 0 Å². The van der Waals surface area contributed by atoms with Crippen LogP contribution in [0.5, 0.6) is 0 Å². The maximum Gasteiger partial charge on any atom is 0.239 e. The van der Waals surface area contributed by atoms with Crippen LogP contribution in [0, 0.1) is 0 Å². The van der Waals surface area contributed by atoms with Gasteiger partial charge in [-0.2, -0.15) is 0 Å². The molecule has 1 aromatic carbocycles. The predicted octanol–water partition coefficient (Wildman–Crippen LogP) is 1.97. The van der Waals surface area contributed by atoms with E-state index in [2.05, 4.69) is 16.8 Å². The third kappa shape index (κ3) is 1.99. The van der Waals surface area contributed by atoms with Gasteiger partial charge in [-0.1, -0.05) is 0 Å². The van der Waals surface area contributed by atoms with E-state index in [9.17, 15) is 4.79 Å². The van der Waals surface area contributed by atoms with Crippen LogP contribution in [-0.2, 0) is 4.79 Å². The molecule has 6 heteroatoms. The monoisotopic (exact) mass is 298 g/mol. The summed E-state index contributed by atoms with van der Waals surface area (Å²) in [6.07, 6.45) is 0. The fourth-order valence-corrected chi connectivity index (χ4v) is 3.69. The Morgan fingerprint density at radius 1 is 1.29 bits per heavy atom. The van der Waals surface area contributed by atoms with Crippen LogP contribution >= 0.6 is 11.3 Å². The molecule has 21 heavy (non-hydrogen) atoms. The second-order valence-electron chi connectivity index (χ2n) is 5.15. The first kappa shape index (κ1) is 12.4. The van der Waals surface area contributed by atoms with Crippen LogP contribution in [0.4, 0.5) is 11.5 Å². The van der Waals surface area contributed by atoms with Crippen LogP contribution in [-0.4, -0.2) is 30.5 Å². The van der Waals surface area contributed by atoms with Crippen LogP contribution < -0.4 is 16.0 Å². The van der Waals surface area contributed by atoms with E-state index in [0.29, 0.717) is 18.8 Å². The molecule has 2 aromatic heterocycles. The molecule has 1 amide bonds.